The van der Waals surface area contributed by atoms with Crippen LogP contribution < -0.4 is 15.5 Å². The van der Waals surface area contributed by atoms with Crippen molar-refractivity contribution in [3.05, 3.63) is 21.2 Å². The number of fused-ring (bicyclic) bond motifs is 2. The van der Waals surface area contributed by atoms with Gasteiger partial charge in [0.25, 0.3) is 0 Å². The molecule has 2 aliphatic rings. The second-order valence-corrected chi connectivity index (χ2v) is 7.73. The van der Waals surface area contributed by atoms with Gasteiger partial charge in [0.1, 0.15) is 11.5 Å². The first kappa shape index (κ1) is 16.6. The second kappa shape index (κ2) is 5.57. The molecule has 0 aliphatic carbocycles. The Hall–Kier alpha value is -1.86. The minimum absolute atomic E-state index is 0.241. The molecule has 2 unspecified atom stereocenters. The van der Waals surface area contributed by atoms with Crippen molar-refractivity contribution in [1.82, 2.24) is 19.4 Å². The lowest BCUT2D eigenvalue weighted by Gasteiger charge is -2.45. The molecule has 4 rings (SSSR count). The van der Waals surface area contributed by atoms with E-state index in [1.54, 1.807) is 7.05 Å². The molecule has 0 N–H and O–H groups in total. The molecule has 0 spiro atoms. The standard InChI is InChI=1S/C17H23ClN6O/c1-9-6-21(3)7-11-8-22(4)14-12-15(19-10(2)13(14)18)23(5)17(25)20-16(12)24(9)11/h9,11H,6-8H2,1-5H3. The summed E-state index contributed by atoms with van der Waals surface area (Å²) in [6.07, 6.45) is 0. The normalized spacial score (nSPS) is 23.8. The van der Waals surface area contributed by atoms with Gasteiger partial charge in [-0.1, -0.05) is 11.6 Å². The summed E-state index contributed by atoms with van der Waals surface area (Å²) >= 11 is 6.65. The number of halogens is 1. The third-order valence-electron chi connectivity index (χ3n) is 5.37. The highest BCUT2D eigenvalue weighted by Crippen LogP contribution is 2.42. The van der Waals surface area contributed by atoms with Gasteiger partial charge in [-0.25, -0.2) is 9.78 Å². The Bertz CT molecular complexity index is 926. The third kappa shape index (κ3) is 2.33. The fourth-order valence-electron chi connectivity index (χ4n) is 4.31. The van der Waals surface area contributed by atoms with Gasteiger partial charge in [0, 0.05) is 39.8 Å². The van der Waals surface area contributed by atoms with Crippen molar-refractivity contribution in [3.63, 3.8) is 0 Å². The van der Waals surface area contributed by atoms with E-state index in [0.717, 1.165) is 42.2 Å². The van der Waals surface area contributed by atoms with E-state index in [0.29, 0.717) is 10.7 Å². The van der Waals surface area contributed by atoms with Crippen LogP contribution in [-0.2, 0) is 7.05 Å². The van der Waals surface area contributed by atoms with Crippen LogP contribution in [0.1, 0.15) is 12.6 Å². The number of pyridine rings is 1. The molecule has 0 radical (unpaired) electrons. The van der Waals surface area contributed by atoms with Crippen LogP contribution in [0.25, 0.3) is 11.0 Å². The summed E-state index contributed by atoms with van der Waals surface area (Å²) < 4.78 is 1.51. The zero-order chi connectivity index (χ0) is 18.0. The zero-order valence-corrected chi connectivity index (χ0v) is 16.0. The monoisotopic (exact) mass is 362 g/mol. The molecule has 2 aliphatic heterocycles. The van der Waals surface area contributed by atoms with Crippen LogP contribution in [0.15, 0.2) is 4.79 Å². The van der Waals surface area contributed by atoms with Crippen LogP contribution in [0.5, 0.6) is 0 Å². The molecule has 134 valence electrons. The molecule has 2 atom stereocenters. The predicted molar refractivity (Wildman–Crippen MR) is 101 cm³/mol. The zero-order valence-electron chi connectivity index (χ0n) is 15.2. The first-order valence-corrected chi connectivity index (χ1v) is 8.92. The minimum atomic E-state index is -0.280. The molecule has 25 heavy (non-hydrogen) atoms. The summed E-state index contributed by atoms with van der Waals surface area (Å²) in [5.74, 6) is 0.720. The average Bonchev–Trinajstić information content (AvgIpc) is 2.64. The van der Waals surface area contributed by atoms with E-state index >= 15 is 0 Å². The Morgan fingerprint density at radius 3 is 2.56 bits per heavy atom. The van der Waals surface area contributed by atoms with Crippen LogP contribution in [0.4, 0.5) is 11.5 Å². The average molecular weight is 363 g/mol. The molecule has 1 fully saturated rings. The van der Waals surface area contributed by atoms with Gasteiger partial charge < -0.3 is 14.7 Å². The molecule has 7 nitrogen and oxygen atoms in total. The van der Waals surface area contributed by atoms with E-state index in [4.69, 9.17) is 11.6 Å². The Morgan fingerprint density at radius 1 is 1.12 bits per heavy atom. The molecular formula is C17H23ClN6O. The van der Waals surface area contributed by atoms with Crippen molar-refractivity contribution in [2.45, 2.75) is 25.9 Å². The molecule has 2 aromatic rings. The fraction of sp³-hybridized carbons (Fsp3) is 0.588. The maximum atomic E-state index is 12.5. The maximum absolute atomic E-state index is 12.5. The smallest absolute Gasteiger partial charge is 0.350 e. The van der Waals surface area contributed by atoms with E-state index in [-0.39, 0.29) is 17.8 Å². The molecule has 1 saturated heterocycles. The molecular weight excluding hydrogens is 340 g/mol. The summed E-state index contributed by atoms with van der Waals surface area (Å²) in [5, 5.41) is 1.51. The number of likely N-dealkylation sites (N-methyl/N-ethyl adjacent to an activating group) is 2. The van der Waals surface area contributed by atoms with Gasteiger partial charge in [-0.3, -0.25) is 4.57 Å². The first-order chi connectivity index (χ1) is 11.8. The van der Waals surface area contributed by atoms with Gasteiger partial charge in [0.2, 0.25) is 0 Å². The number of aryl methyl sites for hydroxylation is 2. The molecule has 0 amide bonds. The Balaban J connectivity index is 2.12. The van der Waals surface area contributed by atoms with Crippen molar-refractivity contribution in [1.29, 1.82) is 0 Å². The fourth-order valence-corrected chi connectivity index (χ4v) is 4.59. The number of nitrogens with zero attached hydrogens (tertiary/aromatic N) is 6. The van der Waals surface area contributed by atoms with Gasteiger partial charge in [0.15, 0.2) is 0 Å². The van der Waals surface area contributed by atoms with Crippen molar-refractivity contribution in [2.24, 2.45) is 7.05 Å². The molecule has 8 heteroatoms. The van der Waals surface area contributed by atoms with Gasteiger partial charge in [-0.2, -0.15) is 4.98 Å². The molecule has 0 saturated carbocycles. The molecule has 2 aromatic heterocycles. The lowest BCUT2D eigenvalue weighted by atomic mass is 10.1. The van der Waals surface area contributed by atoms with Crippen molar-refractivity contribution >= 4 is 34.1 Å². The van der Waals surface area contributed by atoms with Gasteiger partial charge in [-0.15, -0.1) is 0 Å². The Labute approximate surface area is 151 Å². The van der Waals surface area contributed by atoms with Gasteiger partial charge >= 0.3 is 5.69 Å². The highest BCUT2D eigenvalue weighted by Gasteiger charge is 2.38. The van der Waals surface area contributed by atoms with Crippen molar-refractivity contribution in [2.75, 3.05) is 43.5 Å². The van der Waals surface area contributed by atoms with Crippen LogP contribution in [0, 0.1) is 6.92 Å². The van der Waals surface area contributed by atoms with Crippen molar-refractivity contribution in [3.8, 4) is 0 Å². The minimum Gasteiger partial charge on any atom is -0.371 e. The van der Waals surface area contributed by atoms with Crippen LogP contribution in [0.2, 0.25) is 5.02 Å². The van der Waals surface area contributed by atoms with Gasteiger partial charge in [0.05, 0.1) is 27.8 Å². The van der Waals surface area contributed by atoms with E-state index in [1.165, 1.54) is 4.57 Å². The first-order valence-electron chi connectivity index (χ1n) is 8.54. The molecule has 4 heterocycles. The molecule has 0 bridgehead atoms. The number of aromatic nitrogens is 3. The van der Waals surface area contributed by atoms with Crippen LogP contribution in [-0.4, -0.2) is 65.2 Å². The number of rotatable bonds is 0. The number of anilines is 2. The highest BCUT2D eigenvalue weighted by atomic mass is 35.5. The van der Waals surface area contributed by atoms with Gasteiger partial charge in [-0.05, 0) is 20.9 Å². The molecule has 0 aromatic carbocycles. The summed E-state index contributed by atoms with van der Waals surface area (Å²) in [5.41, 5.74) is 2.02. The van der Waals surface area contributed by atoms with Crippen molar-refractivity contribution < 1.29 is 0 Å². The van der Waals surface area contributed by atoms with Crippen LogP contribution >= 0.6 is 11.6 Å². The van der Waals surface area contributed by atoms with E-state index in [2.05, 4.69) is 45.7 Å². The quantitative estimate of drug-likeness (QED) is 0.703. The second-order valence-electron chi connectivity index (χ2n) is 7.35. The van der Waals surface area contributed by atoms with Crippen LogP contribution in [0.3, 0.4) is 0 Å². The highest BCUT2D eigenvalue weighted by molar-refractivity contribution is 6.35. The largest absolute Gasteiger partial charge is 0.371 e. The summed E-state index contributed by atoms with van der Waals surface area (Å²) in [6, 6.07) is 0.497. The predicted octanol–water partition coefficient (Wildman–Crippen LogP) is 1.25. The Kier molecular flexibility index (Phi) is 3.70. The maximum Gasteiger partial charge on any atom is 0.350 e. The Morgan fingerprint density at radius 2 is 1.84 bits per heavy atom. The summed E-state index contributed by atoms with van der Waals surface area (Å²) in [7, 11) is 5.91. The summed E-state index contributed by atoms with van der Waals surface area (Å²) in [4.78, 5) is 28.4. The van der Waals surface area contributed by atoms with E-state index in [1.807, 2.05) is 6.92 Å². The third-order valence-corrected chi connectivity index (χ3v) is 5.82. The number of hydrogen-bond donors (Lipinski definition) is 0. The van der Waals surface area contributed by atoms with E-state index < -0.39 is 0 Å². The summed E-state index contributed by atoms with van der Waals surface area (Å²) in [6.45, 7) is 6.74. The number of hydrogen-bond acceptors (Lipinski definition) is 6. The van der Waals surface area contributed by atoms with E-state index in [9.17, 15) is 4.79 Å². The number of piperazine rings is 1. The lowest BCUT2D eigenvalue weighted by Crippen LogP contribution is -2.59. The SMILES string of the molecule is Cc1nc2c3c(nc(=O)n2C)N2C(C)CN(C)CC2CN(C)c3c1Cl. The lowest BCUT2D eigenvalue weighted by molar-refractivity contribution is 0.234. The topological polar surface area (TPSA) is 57.5 Å².